The number of guanidine groups is 1. The number of H-pyrrole nitrogens is 1. The van der Waals surface area contributed by atoms with Gasteiger partial charge in [-0.15, -0.1) is 11.8 Å². The highest BCUT2D eigenvalue weighted by atomic mass is 32.2. The van der Waals surface area contributed by atoms with Crippen LogP contribution in [0.3, 0.4) is 0 Å². The first-order chi connectivity index (χ1) is 15.6. The van der Waals surface area contributed by atoms with Crippen molar-refractivity contribution in [1.29, 1.82) is 0 Å². The fourth-order valence-corrected chi connectivity index (χ4v) is 4.42. The van der Waals surface area contributed by atoms with Gasteiger partial charge in [0.15, 0.2) is 5.96 Å². The van der Waals surface area contributed by atoms with E-state index in [9.17, 15) is 4.79 Å². The zero-order chi connectivity index (χ0) is 22.1. The van der Waals surface area contributed by atoms with Crippen LogP contribution in [-0.4, -0.2) is 33.3 Å². The fourth-order valence-electron chi connectivity index (χ4n) is 4.01. The van der Waals surface area contributed by atoms with Crippen LogP contribution in [-0.2, 0) is 6.42 Å². The number of aryl methyl sites for hydroxylation is 1. The van der Waals surface area contributed by atoms with E-state index < -0.39 is 0 Å². The molecule has 1 aliphatic heterocycles. The number of aromatic nitrogens is 3. The summed E-state index contributed by atoms with van der Waals surface area (Å²) in [4.78, 5) is 26.6. The van der Waals surface area contributed by atoms with Crippen LogP contribution in [0.25, 0.3) is 10.9 Å². The van der Waals surface area contributed by atoms with Gasteiger partial charge < -0.3 is 10.3 Å². The monoisotopic (exact) mass is 444 g/mol. The van der Waals surface area contributed by atoms with E-state index in [4.69, 9.17) is 4.99 Å². The van der Waals surface area contributed by atoms with Crippen LogP contribution in [0.15, 0.2) is 75.5 Å². The molecule has 7 nitrogen and oxygen atoms in total. The van der Waals surface area contributed by atoms with E-state index in [1.54, 1.807) is 22.4 Å². The Morgan fingerprint density at radius 1 is 1.16 bits per heavy atom. The SMILES string of the molecule is CSc1ccc([C@@H]2NC(=NCCc3c[nH]c4ccccc34)Nc3nc(C)cc(=O)n32)cc1. The predicted molar refractivity (Wildman–Crippen MR) is 131 cm³/mol. The summed E-state index contributed by atoms with van der Waals surface area (Å²) in [6, 6.07) is 18.0. The van der Waals surface area contributed by atoms with Crippen molar-refractivity contribution < 1.29 is 0 Å². The summed E-state index contributed by atoms with van der Waals surface area (Å²) in [5, 5.41) is 7.81. The van der Waals surface area contributed by atoms with Gasteiger partial charge in [0.25, 0.3) is 5.56 Å². The van der Waals surface area contributed by atoms with E-state index in [1.165, 1.54) is 15.8 Å². The smallest absolute Gasteiger partial charge is 0.257 e. The molecule has 1 atom stereocenters. The van der Waals surface area contributed by atoms with Crippen LogP contribution >= 0.6 is 11.8 Å². The molecule has 162 valence electrons. The molecule has 0 bridgehead atoms. The number of anilines is 1. The number of para-hydroxylation sites is 1. The van der Waals surface area contributed by atoms with Crippen LogP contribution in [0.5, 0.6) is 0 Å². The molecular weight excluding hydrogens is 420 g/mol. The summed E-state index contributed by atoms with van der Waals surface area (Å²) < 4.78 is 1.64. The van der Waals surface area contributed by atoms with Crippen molar-refractivity contribution >= 4 is 34.6 Å². The highest BCUT2D eigenvalue weighted by Gasteiger charge is 2.26. The first kappa shape index (κ1) is 20.4. The summed E-state index contributed by atoms with van der Waals surface area (Å²) in [6.07, 6.45) is 4.51. The minimum atomic E-state index is -0.380. The third-order valence-electron chi connectivity index (χ3n) is 5.60. The highest BCUT2D eigenvalue weighted by molar-refractivity contribution is 7.98. The van der Waals surface area contributed by atoms with Gasteiger partial charge in [-0.1, -0.05) is 30.3 Å². The number of aliphatic imine (C=N–C) groups is 1. The minimum absolute atomic E-state index is 0.107. The molecule has 5 rings (SSSR count). The second kappa shape index (κ2) is 8.55. The Labute approximate surface area is 190 Å². The largest absolute Gasteiger partial charge is 0.361 e. The number of benzene rings is 2. The Hall–Kier alpha value is -3.52. The lowest BCUT2D eigenvalue weighted by Gasteiger charge is -2.31. The van der Waals surface area contributed by atoms with Gasteiger partial charge in [-0.2, -0.15) is 0 Å². The normalized spacial score (nSPS) is 16.6. The van der Waals surface area contributed by atoms with E-state index >= 15 is 0 Å². The molecule has 2 aromatic carbocycles. The van der Waals surface area contributed by atoms with Crippen molar-refractivity contribution in [3.8, 4) is 0 Å². The average Bonchev–Trinajstić information content (AvgIpc) is 3.21. The fraction of sp³-hybridized carbons (Fsp3) is 0.208. The van der Waals surface area contributed by atoms with Crippen LogP contribution in [0.2, 0.25) is 0 Å². The van der Waals surface area contributed by atoms with Gasteiger partial charge in [-0.25, -0.2) is 4.98 Å². The molecule has 0 saturated heterocycles. The topological polar surface area (TPSA) is 87.1 Å². The molecule has 0 spiro atoms. The van der Waals surface area contributed by atoms with Crippen molar-refractivity contribution in [2.24, 2.45) is 4.99 Å². The lowest BCUT2D eigenvalue weighted by atomic mass is 10.1. The Balaban J connectivity index is 1.44. The van der Waals surface area contributed by atoms with Gasteiger partial charge in [-0.05, 0) is 48.9 Å². The molecule has 0 aliphatic carbocycles. The second-order valence-electron chi connectivity index (χ2n) is 7.71. The number of nitrogens with one attached hydrogen (secondary N) is 3. The zero-order valence-electron chi connectivity index (χ0n) is 17.9. The maximum Gasteiger partial charge on any atom is 0.257 e. The summed E-state index contributed by atoms with van der Waals surface area (Å²) in [6.45, 7) is 2.42. The third-order valence-corrected chi connectivity index (χ3v) is 6.34. The van der Waals surface area contributed by atoms with Crippen molar-refractivity contribution in [3.05, 3.63) is 88.0 Å². The average molecular weight is 445 g/mol. The molecule has 0 radical (unpaired) electrons. The summed E-state index contributed by atoms with van der Waals surface area (Å²) in [5.41, 5.74) is 3.90. The first-order valence-electron chi connectivity index (χ1n) is 10.5. The number of aromatic amines is 1. The highest BCUT2D eigenvalue weighted by Crippen LogP contribution is 2.24. The number of rotatable bonds is 5. The number of fused-ring (bicyclic) bond motifs is 2. The van der Waals surface area contributed by atoms with Gasteiger partial charge in [0.1, 0.15) is 6.17 Å². The molecule has 4 aromatic rings. The lowest BCUT2D eigenvalue weighted by Crippen LogP contribution is -2.48. The molecule has 0 amide bonds. The Kier molecular flexibility index (Phi) is 5.45. The van der Waals surface area contributed by atoms with Crippen LogP contribution in [0.4, 0.5) is 5.95 Å². The maximum absolute atomic E-state index is 12.8. The second-order valence-corrected chi connectivity index (χ2v) is 8.59. The quantitative estimate of drug-likeness (QED) is 0.406. The lowest BCUT2D eigenvalue weighted by molar-refractivity contribution is 0.514. The molecular formula is C24H24N6OS. The Bertz CT molecular complexity index is 1360. The van der Waals surface area contributed by atoms with Crippen molar-refractivity contribution in [2.45, 2.75) is 24.4 Å². The zero-order valence-corrected chi connectivity index (χ0v) is 18.7. The minimum Gasteiger partial charge on any atom is -0.361 e. The Morgan fingerprint density at radius 3 is 2.78 bits per heavy atom. The van der Waals surface area contributed by atoms with Gasteiger partial charge in [0.2, 0.25) is 5.95 Å². The molecule has 3 heterocycles. The predicted octanol–water partition coefficient (Wildman–Crippen LogP) is 3.92. The first-order valence-corrected chi connectivity index (χ1v) is 11.7. The van der Waals surface area contributed by atoms with E-state index in [2.05, 4.69) is 44.9 Å². The van der Waals surface area contributed by atoms with E-state index in [-0.39, 0.29) is 11.7 Å². The van der Waals surface area contributed by atoms with E-state index in [1.807, 2.05) is 43.6 Å². The van der Waals surface area contributed by atoms with Gasteiger partial charge in [0.05, 0.1) is 0 Å². The maximum atomic E-state index is 12.8. The van der Waals surface area contributed by atoms with Crippen molar-refractivity contribution in [3.63, 3.8) is 0 Å². The molecule has 32 heavy (non-hydrogen) atoms. The number of thioether (sulfide) groups is 1. The van der Waals surface area contributed by atoms with Crippen LogP contribution in [0, 0.1) is 6.92 Å². The van der Waals surface area contributed by atoms with E-state index in [0.29, 0.717) is 24.1 Å². The number of hydrogen-bond donors (Lipinski definition) is 3. The molecule has 3 N–H and O–H groups in total. The standard InChI is InChI=1S/C24H24N6OS/c1-15-13-21(31)30-22(16-7-9-18(32-2)10-8-16)28-23(29-24(30)27-15)25-12-11-17-14-26-20-6-4-3-5-19(17)20/h3-10,13-14,22,26H,11-12H2,1-2H3,(H2,25,27,28,29)/t22-/m1/s1. The van der Waals surface area contributed by atoms with Crippen molar-refractivity contribution in [1.82, 2.24) is 19.9 Å². The molecule has 0 unspecified atom stereocenters. The summed E-state index contributed by atoms with van der Waals surface area (Å²) in [5.74, 6) is 1.11. The number of nitrogens with zero attached hydrogens (tertiary/aromatic N) is 3. The molecule has 8 heteroatoms. The van der Waals surface area contributed by atoms with Crippen molar-refractivity contribution in [2.75, 3.05) is 18.1 Å². The Morgan fingerprint density at radius 2 is 1.97 bits per heavy atom. The number of hydrogen-bond acceptors (Lipinski definition) is 4. The summed E-state index contributed by atoms with van der Waals surface area (Å²) >= 11 is 1.69. The van der Waals surface area contributed by atoms with Crippen LogP contribution in [0.1, 0.15) is 23.0 Å². The molecule has 0 saturated carbocycles. The van der Waals surface area contributed by atoms with Gasteiger partial charge >= 0.3 is 0 Å². The summed E-state index contributed by atoms with van der Waals surface area (Å²) in [7, 11) is 0. The van der Waals surface area contributed by atoms with Gasteiger partial charge in [0, 0.05) is 40.3 Å². The third kappa shape index (κ3) is 3.89. The van der Waals surface area contributed by atoms with E-state index in [0.717, 1.165) is 17.5 Å². The van der Waals surface area contributed by atoms with Crippen LogP contribution < -0.4 is 16.2 Å². The molecule has 2 aromatic heterocycles. The molecule has 1 aliphatic rings. The molecule has 0 fully saturated rings. The van der Waals surface area contributed by atoms with Gasteiger partial charge in [-0.3, -0.25) is 19.7 Å².